The Hall–Kier alpha value is -0.690. The van der Waals surface area contributed by atoms with Crippen molar-refractivity contribution < 1.29 is 19.7 Å². The minimum atomic E-state index is -0.721. The zero-order chi connectivity index (χ0) is 24.4. The molecule has 0 aliphatic rings. The predicted octanol–water partition coefficient (Wildman–Crippen LogP) is 5.06. The molecule has 1 atom stereocenters. The van der Waals surface area contributed by atoms with Crippen LogP contribution in [0.25, 0.3) is 0 Å². The zero-order valence-corrected chi connectivity index (χ0v) is 22.0. The van der Waals surface area contributed by atoms with Crippen LogP contribution in [0.5, 0.6) is 0 Å². The number of aliphatic hydroxyl groups excluding tert-OH is 2. The molecule has 1 amide bonds. The van der Waals surface area contributed by atoms with E-state index in [2.05, 4.69) is 24.1 Å². The van der Waals surface area contributed by atoms with Crippen molar-refractivity contribution in [3.8, 4) is 0 Å². The van der Waals surface area contributed by atoms with E-state index in [4.69, 9.17) is 9.84 Å². The number of unbranched alkanes of at least 4 members (excludes halogenated alkanes) is 11. The number of ether oxygens (including phenoxy) is 1. The second-order valence-corrected chi connectivity index (χ2v) is 9.45. The van der Waals surface area contributed by atoms with Crippen molar-refractivity contribution in [2.75, 3.05) is 46.0 Å². The van der Waals surface area contributed by atoms with Crippen LogP contribution in [-0.4, -0.2) is 73.1 Å². The molecular weight excluding hydrogens is 416 g/mol. The van der Waals surface area contributed by atoms with E-state index >= 15 is 0 Å². The summed E-state index contributed by atoms with van der Waals surface area (Å²) in [7, 11) is 0. The third-order valence-electron chi connectivity index (χ3n) is 6.07. The Labute approximate surface area is 204 Å². The third-order valence-corrected chi connectivity index (χ3v) is 6.07. The summed E-state index contributed by atoms with van der Waals surface area (Å²) >= 11 is 0. The van der Waals surface area contributed by atoms with Crippen molar-refractivity contribution in [3.05, 3.63) is 0 Å². The minimum Gasteiger partial charge on any atom is -0.394 e. The van der Waals surface area contributed by atoms with E-state index in [0.29, 0.717) is 19.5 Å². The van der Waals surface area contributed by atoms with Gasteiger partial charge in [0.25, 0.3) is 0 Å². The van der Waals surface area contributed by atoms with Gasteiger partial charge in [-0.05, 0) is 32.2 Å². The Balaban J connectivity index is 3.69. The van der Waals surface area contributed by atoms with Gasteiger partial charge in [-0.3, -0.25) is 4.79 Å². The Morgan fingerprint density at radius 1 is 0.788 bits per heavy atom. The number of hydrogen-bond donors (Lipinski definition) is 3. The summed E-state index contributed by atoms with van der Waals surface area (Å²) in [5.41, 5.74) is 0. The number of nitrogens with one attached hydrogen (secondary N) is 1. The Kier molecular flexibility index (Phi) is 25.4. The summed E-state index contributed by atoms with van der Waals surface area (Å²) in [6.07, 6.45) is 18.1. The molecule has 0 saturated carbocycles. The first kappa shape index (κ1) is 32.3. The number of carbonyl (C=O) groups excluding carboxylic acids is 1. The van der Waals surface area contributed by atoms with E-state index in [1.807, 2.05) is 0 Å². The second-order valence-electron chi connectivity index (χ2n) is 9.45. The van der Waals surface area contributed by atoms with Gasteiger partial charge in [0.1, 0.15) is 0 Å². The summed E-state index contributed by atoms with van der Waals surface area (Å²) in [5, 5.41) is 22.0. The van der Waals surface area contributed by atoms with Gasteiger partial charge in [-0.15, -0.1) is 0 Å². The van der Waals surface area contributed by atoms with Crippen LogP contribution in [0.3, 0.4) is 0 Å². The highest BCUT2D eigenvalue weighted by Gasteiger charge is 2.11. The predicted molar refractivity (Wildman–Crippen MR) is 139 cm³/mol. The van der Waals surface area contributed by atoms with Gasteiger partial charge in [-0.1, -0.05) is 84.5 Å². The van der Waals surface area contributed by atoms with Crippen molar-refractivity contribution >= 4 is 5.91 Å². The lowest BCUT2D eigenvalue weighted by atomic mass is 10.1. The molecule has 0 aromatic rings. The number of carbonyl (C=O) groups is 1. The summed E-state index contributed by atoms with van der Waals surface area (Å²) in [5.74, 6) is 0.150. The average molecular weight is 473 g/mol. The van der Waals surface area contributed by atoms with Gasteiger partial charge in [-0.2, -0.15) is 0 Å². The van der Waals surface area contributed by atoms with E-state index < -0.39 is 6.10 Å². The quantitative estimate of drug-likeness (QED) is 0.153. The lowest BCUT2D eigenvalue weighted by Gasteiger charge is -2.24. The largest absolute Gasteiger partial charge is 0.394 e. The van der Waals surface area contributed by atoms with E-state index in [1.54, 1.807) is 0 Å². The maximum Gasteiger partial charge on any atom is 0.219 e. The third kappa shape index (κ3) is 24.2. The highest BCUT2D eigenvalue weighted by molar-refractivity contribution is 5.75. The molecule has 198 valence electrons. The first-order chi connectivity index (χ1) is 16.1. The first-order valence-corrected chi connectivity index (χ1v) is 14.0. The molecule has 0 heterocycles. The Morgan fingerprint density at radius 2 is 1.33 bits per heavy atom. The van der Waals surface area contributed by atoms with E-state index in [0.717, 1.165) is 64.8 Å². The molecule has 0 aliphatic carbocycles. The van der Waals surface area contributed by atoms with Crippen LogP contribution in [0.15, 0.2) is 0 Å². The highest BCUT2D eigenvalue weighted by atomic mass is 16.5. The molecule has 33 heavy (non-hydrogen) atoms. The topological polar surface area (TPSA) is 82.0 Å². The lowest BCUT2D eigenvalue weighted by molar-refractivity contribution is -0.121. The number of rotatable bonds is 26. The molecule has 0 spiro atoms. The van der Waals surface area contributed by atoms with Crippen molar-refractivity contribution in [1.29, 1.82) is 0 Å². The monoisotopic (exact) mass is 472 g/mol. The van der Waals surface area contributed by atoms with Gasteiger partial charge in [0.05, 0.1) is 12.7 Å². The number of hydrogen-bond acceptors (Lipinski definition) is 5. The summed E-state index contributed by atoms with van der Waals surface area (Å²) in [4.78, 5) is 14.2. The van der Waals surface area contributed by atoms with Crippen molar-refractivity contribution in [2.45, 2.75) is 123 Å². The molecule has 0 saturated heterocycles. The fourth-order valence-corrected chi connectivity index (χ4v) is 3.96. The summed E-state index contributed by atoms with van der Waals surface area (Å²) in [6, 6.07) is 0. The maximum atomic E-state index is 12.1. The van der Waals surface area contributed by atoms with Crippen LogP contribution in [0.2, 0.25) is 0 Å². The fraction of sp³-hybridized carbons (Fsp3) is 0.963. The Bertz CT molecular complexity index is 410. The zero-order valence-electron chi connectivity index (χ0n) is 22.0. The molecule has 6 heteroatoms. The molecule has 0 aliphatic heterocycles. The number of nitrogens with zero attached hydrogens (tertiary/aromatic N) is 1. The maximum absolute atomic E-state index is 12.1. The van der Waals surface area contributed by atoms with Crippen molar-refractivity contribution in [1.82, 2.24) is 10.2 Å². The van der Waals surface area contributed by atoms with Gasteiger partial charge < -0.3 is 25.2 Å². The highest BCUT2D eigenvalue weighted by Crippen LogP contribution is 2.11. The van der Waals surface area contributed by atoms with Crippen LogP contribution >= 0.6 is 0 Å². The van der Waals surface area contributed by atoms with Gasteiger partial charge in [0.15, 0.2) is 0 Å². The molecule has 6 nitrogen and oxygen atoms in total. The van der Waals surface area contributed by atoms with Crippen LogP contribution in [-0.2, 0) is 9.53 Å². The molecule has 0 fully saturated rings. The van der Waals surface area contributed by atoms with Crippen LogP contribution in [0.4, 0.5) is 0 Å². The summed E-state index contributed by atoms with van der Waals surface area (Å²) in [6.45, 7) is 8.46. The van der Waals surface area contributed by atoms with Gasteiger partial charge in [-0.25, -0.2) is 0 Å². The van der Waals surface area contributed by atoms with Crippen molar-refractivity contribution in [2.24, 2.45) is 0 Å². The molecule has 3 N–H and O–H groups in total. The van der Waals surface area contributed by atoms with Crippen LogP contribution < -0.4 is 5.32 Å². The van der Waals surface area contributed by atoms with E-state index in [-0.39, 0.29) is 12.5 Å². The van der Waals surface area contributed by atoms with E-state index in [1.165, 1.54) is 57.8 Å². The van der Waals surface area contributed by atoms with Gasteiger partial charge >= 0.3 is 0 Å². The SMILES string of the molecule is CCCCCCCCCCCCCC(=O)NCCCN(CCCOCCCC)CC(O)CO. The molecule has 0 rings (SSSR count). The molecular formula is C27H56N2O4. The fourth-order valence-electron chi connectivity index (χ4n) is 3.96. The smallest absolute Gasteiger partial charge is 0.219 e. The molecule has 1 unspecified atom stereocenters. The van der Waals surface area contributed by atoms with Gasteiger partial charge in [0, 0.05) is 39.3 Å². The first-order valence-electron chi connectivity index (χ1n) is 14.0. The number of amides is 1. The molecule has 0 radical (unpaired) electrons. The average Bonchev–Trinajstić information content (AvgIpc) is 2.82. The van der Waals surface area contributed by atoms with Crippen molar-refractivity contribution in [3.63, 3.8) is 0 Å². The van der Waals surface area contributed by atoms with Crippen LogP contribution in [0, 0.1) is 0 Å². The standard InChI is InChI=1S/C27H56N2O4/c1-3-5-7-8-9-10-11-12-13-14-15-18-27(32)28-19-16-20-29(24-26(31)25-30)21-17-23-33-22-6-4-2/h26,30-31H,3-25H2,1-2H3,(H,28,32). The van der Waals surface area contributed by atoms with Gasteiger partial charge in [0.2, 0.25) is 5.91 Å². The molecule has 0 aromatic heterocycles. The normalized spacial score (nSPS) is 12.4. The molecule has 0 bridgehead atoms. The summed E-state index contributed by atoms with van der Waals surface area (Å²) < 4.78 is 5.61. The molecule has 0 aromatic carbocycles. The van der Waals surface area contributed by atoms with Crippen LogP contribution in [0.1, 0.15) is 117 Å². The van der Waals surface area contributed by atoms with E-state index in [9.17, 15) is 9.90 Å². The second kappa shape index (κ2) is 25.9. The minimum absolute atomic E-state index is 0.150. The Morgan fingerprint density at radius 3 is 1.94 bits per heavy atom. The lowest BCUT2D eigenvalue weighted by Crippen LogP contribution is -2.37. The number of aliphatic hydroxyl groups is 2.